The van der Waals surface area contributed by atoms with Crippen molar-refractivity contribution in [3.63, 3.8) is 0 Å². The first kappa shape index (κ1) is 13.2. The van der Waals surface area contributed by atoms with Crippen molar-refractivity contribution in [1.29, 1.82) is 0 Å². The Morgan fingerprint density at radius 1 is 1.32 bits per heavy atom. The first-order valence-electron chi connectivity index (χ1n) is 6.22. The molecule has 1 saturated heterocycles. The van der Waals surface area contributed by atoms with Gasteiger partial charge in [0.15, 0.2) is 0 Å². The molecule has 0 aliphatic carbocycles. The number of carboxylic acid groups (broad SMARTS) is 1. The van der Waals surface area contributed by atoms with E-state index in [0.717, 1.165) is 25.9 Å². The monoisotopic (exact) mass is 263 g/mol. The third-order valence-electron chi connectivity index (χ3n) is 3.16. The fraction of sp³-hybridized carbons (Fsp3) is 0.385. The van der Waals surface area contributed by atoms with Gasteiger partial charge in [0.25, 0.3) is 0 Å². The van der Waals surface area contributed by atoms with E-state index < -0.39 is 5.97 Å². The van der Waals surface area contributed by atoms with Gasteiger partial charge in [-0.15, -0.1) is 0 Å². The van der Waals surface area contributed by atoms with Crippen LogP contribution in [0.25, 0.3) is 0 Å². The summed E-state index contributed by atoms with van der Waals surface area (Å²) in [6, 6.07) is 4.57. The molecule has 0 aromatic heterocycles. The Labute approximate surface area is 111 Å². The number of amides is 1. The number of hydrogen-bond acceptors (Lipinski definition) is 4. The molecule has 1 aliphatic rings. The number of likely N-dealkylation sites (tertiary alicyclic amines) is 1. The average Bonchev–Trinajstić information content (AvgIpc) is 2.90. The third kappa shape index (κ3) is 3.15. The van der Waals surface area contributed by atoms with Crippen LogP contribution in [-0.4, -0.2) is 41.5 Å². The standard InChI is InChI=1S/C13H17N3O3/c14-9-3-4-11(10(7-9)13(18)19)15-8-12(17)16-5-1-2-6-16/h3-4,7,15H,1-2,5-6,8,14H2,(H,18,19). The van der Waals surface area contributed by atoms with Gasteiger partial charge in [-0.25, -0.2) is 4.79 Å². The molecular weight excluding hydrogens is 246 g/mol. The highest BCUT2D eigenvalue weighted by Gasteiger charge is 2.18. The number of nitrogens with zero attached hydrogens (tertiary/aromatic N) is 1. The molecule has 0 spiro atoms. The van der Waals surface area contributed by atoms with Gasteiger partial charge in [-0.2, -0.15) is 0 Å². The summed E-state index contributed by atoms with van der Waals surface area (Å²) < 4.78 is 0. The van der Waals surface area contributed by atoms with Gasteiger partial charge >= 0.3 is 5.97 Å². The van der Waals surface area contributed by atoms with Crippen LogP contribution in [0.5, 0.6) is 0 Å². The number of nitrogens with two attached hydrogens (primary N) is 1. The molecule has 1 heterocycles. The molecule has 0 bridgehead atoms. The minimum atomic E-state index is -1.07. The Morgan fingerprint density at radius 2 is 2.00 bits per heavy atom. The zero-order chi connectivity index (χ0) is 13.8. The van der Waals surface area contributed by atoms with Gasteiger partial charge in [-0.3, -0.25) is 4.79 Å². The molecule has 0 atom stereocenters. The average molecular weight is 263 g/mol. The largest absolute Gasteiger partial charge is 0.478 e. The number of nitrogen functional groups attached to an aromatic ring is 1. The van der Waals surface area contributed by atoms with E-state index >= 15 is 0 Å². The molecule has 102 valence electrons. The normalized spacial score (nSPS) is 14.4. The quantitative estimate of drug-likeness (QED) is 0.704. The summed E-state index contributed by atoms with van der Waals surface area (Å²) >= 11 is 0. The second-order valence-corrected chi connectivity index (χ2v) is 4.55. The van der Waals surface area contributed by atoms with Crippen molar-refractivity contribution in [3.05, 3.63) is 23.8 Å². The molecule has 1 amide bonds. The molecule has 2 rings (SSSR count). The van der Waals surface area contributed by atoms with Crippen LogP contribution in [0.3, 0.4) is 0 Å². The summed E-state index contributed by atoms with van der Waals surface area (Å²) in [7, 11) is 0. The van der Waals surface area contributed by atoms with Gasteiger partial charge in [-0.05, 0) is 31.0 Å². The smallest absolute Gasteiger partial charge is 0.337 e. The number of carboxylic acids is 1. The highest BCUT2D eigenvalue weighted by molar-refractivity contribution is 5.96. The number of rotatable bonds is 4. The number of carbonyl (C=O) groups is 2. The van der Waals surface area contributed by atoms with Crippen molar-refractivity contribution in [3.8, 4) is 0 Å². The lowest BCUT2D eigenvalue weighted by atomic mass is 10.1. The molecule has 0 radical (unpaired) electrons. The summed E-state index contributed by atoms with van der Waals surface area (Å²) in [5.41, 5.74) is 6.43. The van der Waals surface area contributed by atoms with Crippen molar-refractivity contribution in [1.82, 2.24) is 4.90 Å². The summed E-state index contributed by atoms with van der Waals surface area (Å²) in [5.74, 6) is -1.07. The Hall–Kier alpha value is -2.24. The Morgan fingerprint density at radius 3 is 2.63 bits per heavy atom. The predicted molar refractivity (Wildman–Crippen MR) is 72.1 cm³/mol. The minimum Gasteiger partial charge on any atom is -0.478 e. The summed E-state index contributed by atoms with van der Waals surface area (Å²) in [6.45, 7) is 1.67. The maximum absolute atomic E-state index is 11.9. The van der Waals surface area contributed by atoms with Gasteiger partial charge < -0.3 is 21.1 Å². The molecule has 6 nitrogen and oxygen atoms in total. The van der Waals surface area contributed by atoms with Crippen LogP contribution >= 0.6 is 0 Å². The van der Waals surface area contributed by atoms with Crippen LogP contribution in [0.15, 0.2) is 18.2 Å². The Bertz CT molecular complexity index is 496. The van der Waals surface area contributed by atoms with Crippen molar-refractivity contribution in [2.24, 2.45) is 0 Å². The van der Waals surface area contributed by atoms with Gasteiger partial charge in [0.05, 0.1) is 12.1 Å². The highest BCUT2D eigenvalue weighted by Crippen LogP contribution is 2.19. The summed E-state index contributed by atoms with van der Waals surface area (Å²) in [6.07, 6.45) is 2.07. The molecule has 0 unspecified atom stereocenters. The van der Waals surface area contributed by atoms with E-state index in [1.54, 1.807) is 17.0 Å². The second-order valence-electron chi connectivity index (χ2n) is 4.55. The zero-order valence-corrected chi connectivity index (χ0v) is 10.6. The van der Waals surface area contributed by atoms with Crippen molar-refractivity contribution in [2.75, 3.05) is 30.7 Å². The minimum absolute atomic E-state index is 0.00864. The van der Waals surface area contributed by atoms with E-state index in [-0.39, 0.29) is 18.0 Å². The van der Waals surface area contributed by atoms with Gasteiger partial charge in [0.2, 0.25) is 5.91 Å². The maximum Gasteiger partial charge on any atom is 0.337 e. The lowest BCUT2D eigenvalue weighted by molar-refractivity contribution is -0.128. The van der Waals surface area contributed by atoms with E-state index in [4.69, 9.17) is 10.8 Å². The van der Waals surface area contributed by atoms with Crippen LogP contribution in [0.1, 0.15) is 23.2 Å². The molecule has 1 aromatic rings. The number of aromatic carboxylic acids is 1. The Balaban J connectivity index is 2.02. The summed E-state index contributed by atoms with van der Waals surface area (Å²) in [4.78, 5) is 24.7. The molecule has 4 N–H and O–H groups in total. The third-order valence-corrected chi connectivity index (χ3v) is 3.16. The van der Waals surface area contributed by atoms with Crippen LogP contribution in [-0.2, 0) is 4.79 Å². The molecule has 19 heavy (non-hydrogen) atoms. The molecule has 1 aromatic carbocycles. The number of nitrogens with one attached hydrogen (secondary N) is 1. The Kier molecular flexibility index (Phi) is 3.89. The molecule has 1 fully saturated rings. The molecule has 6 heteroatoms. The van der Waals surface area contributed by atoms with Gasteiger partial charge in [-0.1, -0.05) is 0 Å². The van der Waals surface area contributed by atoms with Gasteiger partial charge in [0, 0.05) is 24.5 Å². The van der Waals surface area contributed by atoms with E-state index in [1.807, 2.05) is 0 Å². The molecular formula is C13H17N3O3. The van der Waals surface area contributed by atoms with E-state index in [9.17, 15) is 9.59 Å². The van der Waals surface area contributed by atoms with E-state index in [1.165, 1.54) is 6.07 Å². The number of anilines is 2. The van der Waals surface area contributed by atoms with E-state index in [2.05, 4.69) is 5.32 Å². The topological polar surface area (TPSA) is 95.7 Å². The zero-order valence-electron chi connectivity index (χ0n) is 10.6. The van der Waals surface area contributed by atoms with Crippen molar-refractivity contribution >= 4 is 23.3 Å². The fourth-order valence-electron chi connectivity index (χ4n) is 2.14. The van der Waals surface area contributed by atoms with Gasteiger partial charge in [0.1, 0.15) is 0 Å². The SMILES string of the molecule is Nc1ccc(NCC(=O)N2CCCC2)c(C(=O)O)c1. The van der Waals surface area contributed by atoms with Crippen molar-refractivity contribution in [2.45, 2.75) is 12.8 Å². The number of carbonyl (C=O) groups excluding carboxylic acids is 1. The molecule has 0 saturated carbocycles. The lowest BCUT2D eigenvalue weighted by Gasteiger charge is -2.16. The maximum atomic E-state index is 11.9. The van der Waals surface area contributed by atoms with Crippen LogP contribution in [0, 0.1) is 0 Å². The summed E-state index contributed by atoms with van der Waals surface area (Å²) in [5, 5.41) is 11.9. The predicted octanol–water partition coefficient (Wildman–Crippen LogP) is 1.00. The number of benzene rings is 1. The number of hydrogen-bond donors (Lipinski definition) is 3. The first-order chi connectivity index (χ1) is 9.08. The van der Waals surface area contributed by atoms with E-state index in [0.29, 0.717) is 11.4 Å². The van der Waals surface area contributed by atoms with Crippen LogP contribution in [0.2, 0.25) is 0 Å². The van der Waals surface area contributed by atoms with Crippen LogP contribution in [0.4, 0.5) is 11.4 Å². The van der Waals surface area contributed by atoms with Crippen LogP contribution < -0.4 is 11.1 Å². The lowest BCUT2D eigenvalue weighted by Crippen LogP contribution is -2.33. The second kappa shape index (κ2) is 5.60. The fourth-order valence-corrected chi connectivity index (χ4v) is 2.14. The first-order valence-corrected chi connectivity index (χ1v) is 6.22. The van der Waals surface area contributed by atoms with Crippen molar-refractivity contribution < 1.29 is 14.7 Å². The molecule has 1 aliphatic heterocycles. The highest BCUT2D eigenvalue weighted by atomic mass is 16.4.